The van der Waals surface area contributed by atoms with Crippen LogP contribution in [0.4, 0.5) is 11.5 Å². The first kappa shape index (κ1) is 11.0. The second kappa shape index (κ2) is 4.96. The summed E-state index contributed by atoms with van der Waals surface area (Å²) in [5, 5.41) is 13.5. The van der Waals surface area contributed by atoms with E-state index >= 15 is 0 Å². The van der Waals surface area contributed by atoms with Crippen molar-refractivity contribution < 1.29 is 4.92 Å². The van der Waals surface area contributed by atoms with Gasteiger partial charge in [0.1, 0.15) is 12.0 Å². The minimum absolute atomic E-state index is 0.0255. The van der Waals surface area contributed by atoms with Crippen LogP contribution in [0.3, 0.4) is 0 Å². The van der Waals surface area contributed by atoms with Gasteiger partial charge in [-0.2, -0.15) is 0 Å². The Morgan fingerprint density at radius 3 is 3.00 bits per heavy atom. The van der Waals surface area contributed by atoms with Crippen molar-refractivity contribution in [3.8, 4) is 12.3 Å². The molecular weight excluding hydrogens is 194 g/mol. The highest BCUT2D eigenvalue weighted by Gasteiger charge is 2.10. The maximum absolute atomic E-state index is 10.5. The predicted molar refractivity (Wildman–Crippen MR) is 57.6 cm³/mol. The number of hydrogen-bond acceptors (Lipinski definition) is 4. The molecule has 0 fully saturated rings. The quantitative estimate of drug-likeness (QED) is 0.352. The van der Waals surface area contributed by atoms with Gasteiger partial charge >= 0.3 is 0 Å². The first-order valence-corrected chi connectivity index (χ1v) is 4.43. The highest BCUT2D eigenvalue weighted by atomic mass is 16.6. The van der Waals surface area contributed by atoms with Crippen molar-refractivity contribution in [2.45, 2.75) is 13.3 Å². The van der Waals surface area contributed by atoms with Gasteiger partial charge in [0.05, 0.1) is 4.92 Å². The average molecular weight is 205 g/mol. The third-order valence-electron chi connectivity index (χ3n) is 1.86. The number of rotatable bonds is 4. The Morgan fingerprint density at radius 2 is 2.47 bits per heavy atom. The number of terminal acetylenes is 1. The molecule has 78 valence electrons. The first-order chi connectivity index (χ1) is 7.15. The predicted octanol–water partition coefficient (Wildman–Crippen LogP) is 1.73. The van der Waals surface area contributed by atoms with Gasteiger partial charge < -0.3 is 5.32 Å². The molecule has 1 aromatic heterocycles. The molecule has 5 heteroatoms. The van der Waals surface area contributed by atoms with Crippen LogP contribution in [0.15, 0.2) is 12.3 Å². The normalized spacial score (nSPS) is 9.33. The van der Waals surface area contributed by atoms with Crippen LogP contribution >= 0.6 is 0 Å². The Hall–Kier alpha value is -2.09. The molecule has 5 nitrogen and oxygen atoms in total. The van der Waals surface area contributed by atoms with Crippen LogP contribution in [-0.2, 0) is 0 Å². The van der Waals surface area contributed by atoms with Crippen molar-refractivity contribution in [2.75, 3.05) is 11.9 Å². The summed E-state index contributed by atoms with van der Waals surface area (Å²) in [4.78, 5) is 14.0. The zero-order valence-electron chi connectivity index (χ0n) is 8.36. The minimum Gasteiger partial charge on any atom is -0.369 e. The Morgan fingerprint density at radius 1 is 1.73 bits per heavy atom. The van der Waals surface area contributed by atoms with Gasteiger partial charge in [-0.05, 0) is 13.0 Å². The number of nitro groups is 1. The third-order valence-corrected chi connectivity index (χ3v) is 1.86. The molecule has 0 bridgehead atoms. The topological polar surface area (TPSA) is 68.1 Å². The SMILES string of the molecule is C#CCCNc1cc(C)c([N+](=O)[O-])cn1. The molecule has 15 heavy (non-hydrogen) atoms. The molecule has 1 N–H and O–H groups in total. The molecule has 0 aliphatic heterocycles. The lowest BCUT2D eigenvalue weighted by Crippen LogP contribution is -2.03. The lowest BCUT2D eigenvalue weighted by Gasteiger charge is -2.03. The number of hydrogen-bond donors (Lipinski definition) is 1. The molecule has 0 atom stereocenters. The van der Waals surface area contributed by atoms with Crippen LogP contribution in [0, 0.1) is 29.4 Å². The van der Waals surface area contributed by atoms with Crippen molar-refractivity contribution >= 4 is 11.5 Å². The molecule has 0 radical (unpaired) electrons. The van der Waals surface area contributed by atoms with Crippen molar-refractivity contribution in [1.29, 1.82) is 0 Å². The van der Waals surface area contributed by atoms with E-state index in [1.54, 1.807) is 13.0 Å². The van der Waals surface area contributed by atoms with Gasteiger partial charge in [-0.1, -0.05) is 0 Å². The summed E-state index contributed by atoms with van der Waals surface area (Å²) in [6, 6.07) is 1.63. The van der Waals surface area contributed by atoms with Gasteiger partial charge in [0, 0.05) is 18.5 Å². The van der Waals surface area contributed by atoms with E-state index < -0.39 is 4.92 Å². The second-order valence-electron chi connectivity index (χ2n) is 2.99. The Labute approximate surface area is 87.7 Å². The summed E-state index contributed by atoms with van der Waals surface area (Å²) in [5.41, 5.74) is 0.607. The van der Waals surface area contributed by atoms with Crippen molar-refractivity contribution in [1.82, 2.24) is 4.98 Å². The van der Waals surface area contributed by atoms with Crippen molar-refractivity contribution in [3.05, 3.63) is 27.9 Å². The van der Waals surface area contributed by atoms with E-state index in [0.717, 1.165) is 0 Å². The van der Waals surface area contributed by atoms with Crippen LogP contribution in [0.1, 0.15) is 12.0 Å². The van der Waals surface area contributed by atoms with Crippen molar-refractivity contribution in [3.63, 3.8) is 0 Å². The number of nitrogens with one attached hydrogen (secondary N) is 1. The fourth-order valence-corrected chi connectivity index (χ4v) is 1.10. The number of pyridine rings is 1. The van der Waals surface area contributed by atoms with E-state index in [0.29, 0.717) is 24.3 Å². The number of aryl methyl sites for hydroxylation is 1. The van der Waals surface area contributed by atoms with Gasteiger partial charge in [-0.15, -0.1) is 12.3 Å². The van der Waals surface area contributed by atoms with Crippen LogP contribution in [0.5, 0.6) is 0 Å². The fraction of sp³-hybridized carbons (Fsp3) is 0.300. The van der Waals surface area contributed by atoms with Crippen molar-refractivity contribution in [2.24, 2.45) is 0 Å². The Kier molecular flexibility index (Phi) is 3.63. The van der Waals surface area contributed by atoms with E-state index in [1.807, 2.05) is 0 Å². The van der Waals surface area contributed by atoms with Gasteiger partial charge in [0.2, 0.25) is 0 Å². The maximum Gasteiger partial charge on any atom is 0.290 e. The molecule has 0 saturated heterocycles. The molecule has 1 rings (SSSR count). The molecule has 0 saturated carbocycles. The smallest absolute Gasteiger partial charge is 0.290 e. The maximum atomic E-state index is 10.5. The summed E-state index contributed by atoms with van der Waals surface area (Å²) in [7, 11) is 0. The molecule has 0 amide bonds. The van der Waals surface area contributed by atoms with Crippen LogP contribution in [0.25, 0.3) is 0 Å². The van der Waals surface area contributed by atoms with E-state index in [1.165, 1.54) is 6.20 Å². The van der Waals surface area contributed by atoms with Crippen LogP contribution in [-0.4, -0.2) is 16.5 Å². The molecule has 0 aromatic carbocycles. The average Bonchev–Trinajstić information content (AvgIpc) is 2.17. The summed E-state index contributed by atoms with van der Waals surface area (Å²) in [6.07, 6.45) is 6.93. The van der Waals surface area contributed by atoms with E-state index in [-0.39, 0.29) is 5.69 Å². The second-order valence-corrected chi connectivity index (χ2v) is 2.99. The third kappa shape index (κ3) is 2.95. The van der Waals surface area contributed by atoms with E-state index in [4.69, 9.17) is 6.42 Å². The molecule has 0 unspecified atom stereocenters. The summed E-state index contributed by atoms with van der Waals surface area (Å²) in [6.45, 7) is 2.28. The summed E-state index contributed by atoms with van der Waals surface area (Å²) in [5.74, 6) is 3.09. The minimum atomic E-state index is -0.451. The highest BCUT2D eigenvalue weighted by molar-refractivity contribution is 5.46. The molecule has 0 spiro atoms. The van der Waals surface area contributed by atoms with Gasteiger partial charge in [0.25, 0.3) is 5.69 Å². The van der Waals surface area contributed by atoms with E-state index in [9.17, 15) is 10.1 Å². The van der Waals surface area contributed by atoms with Gasteiger partial charge in [0.15, 0.2) is 0 Å². The van der Waals surface area contributed by atoms with Gasteiger partial charge in [-0.3, -0.25) is 10.1 Å². The molecular formula is C10H11N3O2. The lowest BCUT2D eigenvalue weighted by molar-refractivity contribution is -0.385. The monoisotopic (exact) mass is 205 g/mol. The number of nitrogens with zero attached hydrogens (tertiary/aromatic N) is 2. The molecule has 0 aliphatic carbocycles. The summed E-state index contributed by atoms with van der Waals surface area (Å²) >= 11 is 0. The highest BCUT2D eigenvalue weighted by Crippen LogP contribution is 2.18. The zero-order valence-corrected chi connectivity index (χ0v) is 8.36. The fourth-order valence-electron chi connectivity index (χ4n) is 1.10. The summed E-state index contributed by atoms with van der Waals surface area (Å²) < 4.78 is 0. The van der Waals surface area contributed by atoms with Crippen LogP contribution in [0.2, 0.25) is 0 Å². The molecule has 1 aromatic rings. The number of aromatic nitrogens is 1. The van der Waals surface area contributed by atoms with E-state index in [2.05, 4.69) is 16.2 Å². The Bertz CT molecular complexity index is 410. The zero-order chi connectivity index (χ0) is 11.3. The van der Waals surface area contributed by atoms with Gasteiger partial charge in [-0.25, -0.2) is 4.98 Å². The lowest BCUT2D eigenvalue weighted by atomic mass is 10.2. The molecule has 0 aliphatic rings. The first-order valence-electron chi connectivity index (χ1n) is 4.43. The number of anilines is 1. The largest absolute Gasteiger partial charge is 0.369 e. The Balaban J connectivity index is 2.74. The standard InChI is InChI=1S/C10H11N3O2/c1-3-4-5-11-10-6-8(2)9(7-12-10)13(14)15/h1,6-7H,4-5H2,2H3,(H,11,12). The van der Waals surface area contributed by atoms with Crippen LogP contribution < -0.4 is 5.32 Å². The molecule has 1 heterocycles.